The molecule has 6 saturated carbocycles. The highest BCUT2D eigenvalue weighted by molar-refractivity contribution is 5.98. The van der Waals surface area contributed by atoms with Crippen LogP contribution in [0.15, 0.2) is 0 Å². The van der Waals surface area contributed by atoms with Crippen LogP contribution < -0.4 is 0 Å². The Morgan fingerprint density at radius 3 is 2.31 bits per heavy atom. The lowest BCUT2D eigenvalue weighted by Crippen LogP contribution is -2.67. The van der Waals surface area contributed by atoms with E-state index < -0.39 is 70.6 Å². The SMILES string of the molecule is CC1C(=O)OC(=O)C1C(CC(CC1C(C)C2CC1C1COC(=O)C21)C(=O)OC1CCCCO1)C(=O)OC12CC3CC(O)(CC(O)(C3)C1)C2. The van der Waals surface area contributed by atoms with Crippen molar-refractivity contribution >= 4 is 29.8 Å². The van der Waals surface area contributed by atoms with E-state index in [1.165, 1.54) is 0 Å². The zero-order chi connectivity index (χ0) is 33.7. The molecule has 12 heteroatoms. The highest BCUT2D eigenvalue weighted by Crippen LogP contribution is 2.63. The summed E-state index contributed by atoms with van der Waals surface area (Å²) in [6.07, 6.45) is 4.94. The molecule has 0 spiro atoms. The molecule has 0 aromatic heterocycles. The summed E-state index contributed by atoms with van der Waals surface area (Å²) in [5.74, 6) is -6.52. The highest BCUT2D eigenvalue weighted by Gasteiger charge is 2.66. The summed E-state index contributed by atoms with van der Waals surface area (Å²) in [6, 6.07) is 0. The third-order valence-electron chi connectivity index (χ3n) is 13.8. The van der Waals surface area contributed by atoms with Gasteiger partial charge in [0.25, 0.3) is 0 Å². The fraction of sp³-hybridized carbons (Fsp3) is 0.861. The predicted octanol–water partition coefficient (Wildman–Crippen LogP) is 2.84. The van der Waals surface area contributed by atoms with E-state index >= 15 is 0 Å². The fourth-order valence-electron chi connectivity index (χ4n) is 12.3. The molecule has 0 aromatic rings. The molecule has 2 N–H and O–H groups in total. The molecular formula is C36H48O12. The molecule has 9 rings (SSSR count). The molecule has 6 aliphatic carbocycles. The van der Waals surface area contributed by atoms with E-state index in [-0.39, 0.29) is 73.1 Å². The van der Waals surface area contributed by atoms with Crippen LogP contribution in [0.2, 0.25) is 0 Å². The summed E-state index contributed by atoms with van der Waals surface area (Å²) in [5, 5.41) is 22.7. The van der Waals surface area contributed by atoms with E-state index in [9.17, 15) is 34.2 Å². The fourth-order valence-corrected chi connectivity index (χ4v) is 12.3. The van der Waals surface area contributed by atoms with Crippen molar-refractivity contribution in [2.75, 3.05) is 13.2 Å². The average molecular weight is 673 g/mol. The molecule has 0 amide bonds. The van der Waals surface area contributed by atoms with Gasteiger partial charge in [-0.3, -0.25) is 24.0 Å². The summed E-state index contributed by atoms with van der Waals surface area (Å²) in [7, 11) is 0. The largest absolute Gasteiger partial charge is 0.465 e. The lowest BCUT2D eigenvalue weighted by molar-refractivity contribution is -0.263. The third-order valence-corrected chi connectivity index (χ3v) is 13.8. The first-order valence-electron chi connectivity index (χ1n) is 18.2. The van der Waals surface area contributed by atoms with Gasteiger partial charge >= 0.3 is 29.8 Å². The first-order chi connectivity index (χ1) is 22.8. The van der Waals surface area contributed by atoms with Crippen molar-refractivity contribution < 1.29 is 57.9 Å². The number of aliphatic hydroxyl groups is 2. The van der Waals surface area contributed by atoms with E-state index in [0.29, 0.717) is 45.3 Å². The van der Waals surface area contributed by atoms with Gasteiger partial charge in [0, 0.05) is 31.6 Å². The molecule has 13 atom stereocenters. The zero-order valence-corrected chi connectivity index (χ0v) is 27.8. The Balaban J connectivity index is 1.09. The Bertz CT molecular complexity index is 1370. The Labute approximate surface area is 279 Å². The smallest absolute Gasteiger partial charge is 0.318 e. The van der Waals surface area contributed by atoms with Gasteiger partial charge in [-0.2, -0.15) is 0 Å². The second kappa shape index (κ2) is 11.5. The summed E-state index contributed by atoms with van der Waals surface area (Å²) >= 11 is 0. The number of fused-ring (bicyclic) bond motifs is 5. The quantitative estimate of drug-likeness (QED) is 0.209. The van der Waals surface area contributed by atoms with E-state index in [1.54, 1.807) is 6.92 Å². The molecule has 3 heterocycles. The van der Waals surface area contributed by atoms with Gasteiger partial charge in [0.15, 0.2) is 0 Å². The average Bonchev–Trinajstić information content (AvgIpc) is 3.71. The van der Waals surface area contributed by atoms with Crippen molar-refractivity contribution in [2.45, 2.75) is 114 Å². The molecule has 9 fully saturated rings. The minimum absolute atomic E-state index is 0.00721. The summed E-state index contributed by atoms with van der Waals surface area (Å²) in [5.41, 5.74) is -3.40. The topological polar surface area (TPSA) is 172 Å². The number of cyclic esters (lactones) is 3. The number of hydrogen-bond acceptors (Lipinski definition) is 12. The van der Waals surface area contributed by atoms with E-state index in [4.69, 9.17) is 23.7 Å². The number of esters is 5. The van der Waals surface area contributed by atoms with E-state index in [1.807, 2.05) is 0 Å². The van der Waals surface area contributed by atoms with Crippen molar-refractivity contribution in [2.24, 2.45) is 65.1 Å². The zero-order valence-electron chi connectivity index (χ0n) is 27.8. The number of carbonyl (C=O) groups excluding carboxylic acids is 5. The van der Waals surface area contributed by atoms with Gasteiger partial charge in [-0.1, -0.05) is 13.8 Å². The Kier molecular flexibility index (Phi) is 7.80. The van der Waals surface area contributed by atoms with Crippen LogP contribution in [0.3, 0.4) is 0 Å². The van der Waals surface area contributed by atoms with Gasteiger partial charge in [-0.05, 0) is 81.0 Å². The lowest BCUT2D eigenvalue weighted by atomic mass is 9.50. The van der Waals surface area contributed by atoms with E-state index in [0.717, 1.165) is 19.3 Å². The number of rotatable bonds is 9. The van der Waals surface area contributed by atoms with Crippen LogP contribution in [-0.4, -0.2) is 76.4 Å². The molecular weight excluding hydrogens is 624 g/mol. The van der Waals surface area contributed by atoms with E-state index in [2.05, 4.69) is 6.92 Å². The number of ether oxygens (including phenoxy) is 5. The summed E-state index contributed by atoms with van der Waals surface area (Å²) < 4.78 is 28.4. The molecule has 3 saturated heterocycles. The molecule has 3 aliphatic heterocycles. The molecule has 6 bridgehead atoms. The predicted molar refractivity (Wildman–Crippen MR) is 162 cm³/mol. The van der Waals surface area contributed by atoms with Crippen LogP contribution in [0, 0.1) is 65.1 Å². The Morgan fingerprint density at radius 1 is 0.917 bits per heavy atom. The van der Waals surface area contributed by atoms with Crippen LogP contribution in [0.5, 0.6) is 0 Å². The van der Waals surface area contributed by atoms with Crippen molar-refractivity contribution in [1.82, 2.24) is 0 Å². The Morgan fingerprint density at radius 2 is 1.67 bits per heavy atom. The van der Waals surface area contributed by atoms with Gasteiger partial charge in [-0.25, -0.2) is 0 Å². The maximum Gasteiger partial charge on any atom is 0.318 e. The first-order valence-corrected chi connectivity index (χ1v) is 18.2. The minimum atomic E-state index is -1.20. The molecule has 9 aliphatic rings. The van der Waals surface area contributed by atoms with Crippen LogP contribution in [0.1, 0.15) is 90.9 Å². The van der Waals surface area contributed by atoms with Crippen molar-refractivity contribution in [3.8, 4) is 0 Å². The highest BCUT2D eigenvalue weighted by atomic mass is 16.7. The maximum atomic E-state index is 14.4. The first kappa shape index (κ1) is 32.6. The van der Waals surface area contributed by atoms with Crippen LogP contribution in [0.25, 0.3) is 0 Å². The normalized spacial score (nSPS) is 48.2. The monoisotopic (exact) mass is 672 g/mol. The molecule has 48 heavy (non-hydrogen) atoms. The Hall–Kier alpha value is -2.57. The van der Waals surface area contributed by atoms with Crippen molar-refractivity contribution in [3.05, 3.63) is 0 Å². The van der Waals surface area contributed by atoms with Crippen LogP contribution in [-0.2, 0) is 47.7 Å². The standard InChI is InChI=1S/C36H48O12/c1-17-21(23-9-22(17)28-25(23)13-45-32(28)40)7-20(30(38)46-26-5-3-4-6-44-26)8-24(27-18(2)29(37)47-33(27)41)31(39)48-36-12-19-10-34(42,15-36)14-35(43,11-19)16-36/h17-28,42-43H,3-16H2,1-2H3. The van der Waals surface area contributed by atoms with Crippen LogP contribution in [0.4, 0.5) is 0 Å². The summed E-state index contributed by atoms with van der Waals surface area (Å²) in [4.78, 5) is 66.9. The molecule has 13 unspecified atom stereocenters. The lowest BCUT2D eigenvalue weighted by Gasteiger charge is -2.62. The number of hydrogen-bond donors (Lipinski definition) is 2. The molecule has 264 valence electrons. The molecule has 12 nitrogen and oxygen atoms in total. The van der Waals surface area contributed by atoms with Gasteiger partial charge < -0.3 is 33.9 Å². The van der Waals surface area contributed by atoms with Gasteiger partial charge in [0.1, 0.15) is 5.60 Å². The summed E-state index contributed by atoms with van der Waals surface area (Å²) in [6.45, 7) is 4.52. The molecule has 0 radical (unpaired) electrons. The van der Waals surface area contributed by atoms with Gasteiger partial charge in [0.05, 0.1) is 54.0 Å². The number of carbonyl (C=O) groups is 5. The van der Waals surface area contributed by atoms with Gasteiger partial charge in [-0.15, -0.1) is 0 Å². The maximum absolute atomic E-state index is 14.4. The van der Waals surface area contributed by atoms with Crippen molar-refractivity contribution in [3.63, 3.8) is 0 Å². The second-order valence-electron chi connectivity index (χ2n) is 17.0. The van der Waals surface area contributed by atoms with Crippen molar-refractivity contribution in [1.29, 1.82) is 0 Å². The minimum Gasteiger partial charge on any atom is -0.465 e. The second-order valence-corrected chi connectivity index (χ2v) is 17.0. The third kappa shape index (κ3) is 5.39. The van der Waals surface area contributed by atoms with Gasteiger partial charge in [0.2, 0.25) is 6.29 Å². The van der Waals surface area contributed by atoms with Crippen LogP contribution >= 0.6 is 0 Å². The molecule has 0 aromatic carbocycles.